The van der Waals surface area contributed by atoms with Gasteiger partial charge in [0.15, 0.2) is 0 Å². The van der Waals surface area contributed by atoms with Crippen molar-refractivity contribution in [2.24, 2.45) is 11.8 Å². The van der Waals surface area contributed by atoms with Crippen LogP contribution in [0.25, 0.3) is 0 Å². The molecule has 0 bridgehead atoms. The Bertz CT molecular complexity index is 869. The summed E-state index contributed by atoms with van der Waals surface area (Å²) in [7, 11) is 0. The summed E-state index contributed by atoms with van der Waals surface area (Å²) in [6.45, 7) is 3.96. The molecule has 8 heteroatoms. The van der Waals surface area contributed by atoms with E-state index in [1.165, 1.54) is 64.2 Å². The van der Waals surface area contributed by atoms with Gasteiger partial charge in [-0.1, -0.05) is 134 Å². The van der Waals surface area contributed by atoms with E-state index in [0.29, 0.717) is 32.1 Å². The third kappa shape index (κ3) is 23.0. The molecular formula is C39H68O8. The van der Waals surface area contributed by atoms with Crippen LogP contribution in [0.2, 0.25) is 0 Å². The van der Waals surface area contributed by atoms with Gasteiger partial charge in [-0.05, 0) is 32.1 Å². The van der Waals surface area contributed by atoms with Crippen LogP contribution >= 0.6 is 0 Å². The fourth-order valence-corrected chi connectivity index (χ4v) is 6.07. The number of ketones is 1. The third-order valence-corrected chi connectivity index (χ3v) is 9.07. The first-order valence-corrected chi connectivity index (χ1v) is 19.0. The minimum atomic E-state index is -1.05. The molecule has 0 saturated heterocycles. The average Bonchev–Trinajstić information content (AvgIpc) is 3.32. The van der Waals surface area contributed by atoms with Crippen molar-refractivity contribution >= 4 is 17.7 Å². The van der Waals surface area contributed by atoms with Crippen molar-refractivity contribution < 1.29 is 39.2 Å². The molecule has 0 aliphatic heterocycles. The lowest BCUT2D eigenvalue weighted by Gasteiger charge is -2.17. The van der Waals surface area contributed by atoms with Gasteiger partial charge in [0.1, 0.15) is 25.1 Å². The molecule has 0 heterocycles. The summed E-state index contributed by atoms with van der Waals surface area (Å²) in [5.74, 6) is -1.36. The summed E-state index contributed by atoms with van der Waals surface area (Å²) >= 11 is 0. The van der Waals surface area contributed by atoms with Crippen molar-refractivity contribution in [3.05, 3.63) is 24.3 Å². The molecule has 0 unspecified atom stereocenters. The molecule has 1 aliphatic carbocycles. The molecule has 1 saturated carbocycles. The maximum absolute atomic E-state index is 12.4. The van der Waals surface area contributed by atoms with Crippen LogP contribution in [-0.4, -0.2) is 64.6 Å². The predicted molar refractivity (Wildman–Crippen MR) is 188 cm³/mol. The molecule has 1 fully saturated rings. The van der Waals surface area contributed by atoms with Crippen molar-refractivity contribution in [3.63, 3.8) is 0 Å². The zero-order valence-corrected chi connectivity index (χ0v) is 29.8. The average molecular weight is 665 g/mol. The number of unbranched alkanes of at least 4 members (excludes halogenated alkanes) is 15. The van der Waals surface area contributed by atoms with Gasteiger partial charge in [0.25, 0.3) is 0 Å². The van der Waals surface area contributed by atoms with Gasteiger partial charge in [0.05, 0.1) is 12.2 Å². The lowest BCUT2D eigenvalue weighted by Crippen LogP contribution is -2.25. The van der Waals surface area contributed by atoms with Gasteiger partial charge in [-0.15, -0.1) is 0 Å². The van der Waals surface area contributed by atoms with E-state index in [1.54, 1.807) is 12.2 Å². The number of hydrogen-bond donors (Lipinski definition) is 3. The number of carbonyl (C=O) groups excluding carboxylic acids is 3. The Labute approximate surface area is 285 Å². The Kier molecular flexibility index (Phi) is 26.5. The predicted octanol–water partition coefficient (Wildman–Crippen LogP) is 8.10. The zero-order valence-electron chi connectivity index (χ0n) is 29.8. The van der Waals surface area contributed by atoms with E-state index in [2.05, 4.69) is 13.8 Å². The van der Waals surface area contributed by atoms with E-state index >= 15 is 0 Å². The van der Waals surface area contributed by atoms with Gasteiger partial charge < -0.3 is 24.8 Å². The molecular weight excluding hydrogens is 596 g/mol. The monoisotopic (exact) mass is 664 g/mol. The first kappa shape index (κ1) is 43.0. The van der Waals surface area contributed by atoms with Gasteiger partial charge in [0, 0.05) is 31.1 Å². The quantitative estimate of drug-likeness (QED) is 0.0399. The van der Waals surface area contributed by atoms with Gasteiger partial charge >= 0.3 is 11.9 Å². The molecule has 0 amide bonds. The summed E-state index contributed by atoms with van der Waals surface area (Å²) in [5.41, 5.74) is 0. The van der Waals surface area contributed by atoms with E-state index in [4.69, 9.17) is 9.47 Å². The molecule has 1 rings (SSSR count). The first-order valence-electron chi connectivity index (χ1n) is 19.0. The maximum Gasteiger partial charge on any atom is 0.305 e. The highest BCUT2D eigenvalue weighted by atomic mass is 16.6. The molecule has 0 spiro atoms. The Morgan fingerprint density at radius 1 is 0.745 bits per heavy atom. The number of rotatable bonds is 30. The largest absolute Gasteiger partial charge is 0.463 e. The zero-order chi connectivity index (χ0) is 34.5. The smallest absolute Gasteiger partial charge is 0.305 e. The number of aliphatic hydroxyl groups excluding tert-OH is 3. The fourth-order valence-electron chi connectivity index (χ4n) is 6.07. The summed E-state index contributed by atoms with van der Waals surface area (Å²) < 4.78 is 10.3. The Morgan fingerprint density at radius 3 is 1.83 bits per heavy atom. The summed E-state index contributed by atoms with van der Waals surface area (Å²) in [4.78, 5) is 36.4. The topological polar surface area (TPSA) is 130 Å². The molecule has 0 aromatic heterocycles. The minimum Gasteiger partial charge on any atom is -0.463 e. The van der Waals surface area contributed by atoms with Crippen LogP contribution in [0.1, 0.15) is 162 Å². The molecule has 8 nitrogen and oxygen atoms in total. The van der Waals surface area contributed by atoms with Crippen molar-refractivity contribution in [2.75, 3.05) is 13.2 Å². The van der Waals surface area contributed by atoms with Crippen molar-refractivity contribution in [1.82, 2.24) is 0 Å². The van der Waals surface area contributed by atoms with E-state index in [9.17, 15) is 29.7 Å². The standard InChI is InChI=1S/C39H68O8/c1-3-5-7-8-9-10-11-12-13-14-15-16-21-25-38(44)46-30-33(41)31-47-39(45)26-22-18-17-20-24-34-35(37(43)29-36(34)42)28-27-32(40)23-19-6-4-2/h17,20,27-28,32-36,40-42H,3-16,18-19,21-26,29-31H2,1-2H3/b20-17-,28-27+/t32-,33-,34+,35+,36-/m0/s1. The SMILES string of the molecule is CCCCCCCCCCCCCCCC(=O)OC[C@H](O)COC(=O)CCC/C=C\C[C@H]1[C@@H](O)CC(=O)[C@@H]1/C=C/[C@@H](O)CCCCC. The molecule has 0 radical (unpaired) electrons. The molecule has 47 heavy (non-hydrogen) atoms. The third-order valence-electron chi connectivity index (χ3n) is 9.07. The highest BCUT2D eigenvalue weighted by Crippen LogP contribution is 2.33. The highest BCUT2D eigenvalue weighted by Gasteiger charge is 2.39. The van der Waals surface area contributed by atoms with Crippen LogP contribution in [0.3, 0.4) is 0 Å². The Morgan fingerprint density at radius 2 is 1.26 bits per heavy atom. The van der Waals surface area contributed by atoms with Gasteiger partial charge in [-0.3, -0.25) is 14.4 Å². The van der Waals surface area contributed by atoms with Crippen LogP contribution < -0.4 is 0 Å². The lowest BCUT2D eigenvalue weighted by atomic mass is 9.90. The van der Waals surface area contributed by atoms with Crippen molar-refractivity contribution in [3.8, 4) is 0 Å². The second kappa shape index (κ2) is 28.9. The number of carbonyl (C=O) groups is 3. The molecule has 5 atom stereocenters. The number of ether oxygens (including phenoxy) is 2. The Balaban J connectivity index is 2.07. The first-order chi connectivity index (χ1) is 22.8. The summed E-state index contributed by atoms with van der Waals surface area (Å²) in [6.07, 6.45) is 27.4. The van der Waals surface area contributed by atoms with E-state index in [1.807, 2.05) is 12.2 Å². The van der Waals surface area contributed by atoms with E-state index in [0.717, 1.165) is 38.5 Å². The second-order valence-corrected chi connectivity index (χ2v) is 13.5. The Hall–Kier alpha value is -2.03. The number of esters is 2. The maximum atomic E-state index is 12.4. The number of aliphatic hydroxyl groups is 3. The molecule has 0 aromatic rings. The van der Waals surface area contributed by atoms with E-state index < -0.39 is 30.2 Å². The van der Waals surface area contributed by atoms with Crippen molar-refractivity contribution in [1.29, 1.82) is 0 Å². The fraction of sp³-hybridized carbons (Fsp3) is 0.821. The van der Waals surface area contributed by atoms with Crippen LogP contribution in [0.5, 0.6) is 0 Å². The molecule has 0 aromatic carbocycles. The second-order valence-electron chi connectivity index (χ2n) is 13.5. The van der Waals surface area contributed by atoms with Gasteiger partial charge in [-0.25, -0.2) is 0 Å². The van der Waals surface area contributed by atoms with Crippen LogP contribution in [0, 0.1) is 11.8 Å². The minimum absolute atomic E-state index is 0.00224. The number of hydrogen-bond acceptors (Lipinski definition) is 8. The van der Waals surface area contributed by atoms with E-state index in [-0.39, 0.29) is 43.7 Å². The molecule has 272 valence electrons. The van der Waals surface area contributed by atoms with Crippen LogP contribution in [0.15, 0.2) is 24.3 Å². The molecule has 1 aliphatic rings. The number of allylic oxidation sites excluding steroid dienone is 3. The lowest BCUT2D eigenvalue weighted by molar-refractivity contribution is -0.152. The number of Topliss-reactive ketones (excluding diaryl/α,β-unsaturated/α-hetero) is 1. The normalized spacial score (nSPS) is 19.5. The summed E-state index contributed by atoms with van der Waals surface area (Å²) in [5, 5.41) is 30.6. The van der Waals surface area contributed by atoms with Gasteiger partial charge in [-0.2, -0.15) is 0 Å². The van der Waals surface area contributed by atoms with Gasteiger partial charge in [0.2, 0.25) is 0 Å². The molecule has 3 N–H and O–H groups in total. The van der Waals surface area contributed by atoms with Crippen LogP contribution in [-0.2, 0) is 23.9 Å². The summed E-state index contributed by atoms with van der Waals surface area (Å²) in [6, 6.07) is 0. The van der Waals surface area contributed by atoms with Crippen molar-refractivity contribution in [2.45, 2.75) is 180 Å². The highest BCUT2D eigenvalue weighted by molar-refractivity contribution is 5.86. The van der Waals surface area contributed by atoms with Crippen LogP contribution in [0.4, 0.5) is 0 Å².